The van der Waals surface area contributed by atoms with Crippen LogP contribution in [0.2, 0.25) is 10.0 Å². The molecular weight excluding hydrogens is 565 g/mol. The summed E-state index contributed by atoms with van der Waals surface area (Å²) in [5.74, 6) is 1.07. The predicted molar refractivity (Wildman–Crippen MR) is 158 cm³/mol. The minimum Gasteiger partial charge on any atom is -0.370 e. The van der Waals surface area contributed by atoms with Crippen LogP contribution < -0.4 is 15.8 Å². The molecular formula is C28H39Cl2N9O2. The zero-order valence-corrected chi connectivity index (χ0v) is 25.2. The van der Waals surface area contributed by atoms with Gasteiger partial charge in [0, 0.05) is 94.3 Å². The fraction of sp³-hybridized carbons (Fsp3) is 0.643. The van der Waals surface area contributed by atoms with Crippen LogP contribution in [0.1, 0.15) is 49.5 Å². The Bertz CT molecular complexity index is 1190. The molecule has 0 radical (unpaired) electrons. The number of hydrazine groups is 1. The topological polar surface area (TPSA) is 102 Å². The standard InChI is InChI=1S/C28H39Cl2N9O2/c1-18(25-22(29)16-31-17-23(25)30)41-20-3-4-24-21(13-20)26(35-34-24)19-14-32-27(33-15-19)37-9-11-39(12-10-37)28(40)38-7-5-36(2)6-8-38/h14-18,20-21,24,26,34-35H,3-13H2,1-2H3/t18-,20?,21?,24?,26?/m1/s1. The maximum atomic E-state index is 12.9. The zero-order chi connectivity index (χ0) is 28.5. The van der Waals surface area contributed by atoms with E-state index in [1.165, 1.54) is 0 Å². The molecule has 11 nitrogen and oxygen atoms in total. The van der Waals surface area contributed by atoms with E-state index in [-0.39, 0.29) is 24.3 Å². The Balaban J connectivity index is 1.03. The first-order valence-corrected chi connectivity index (χ1v) is 15.4. The minimum atomic E-state index is -0.222. The molecule has 5 heterocycles. The average molecular weight is 605 g/mol. The first kappa shape index (κ1) is 28.8. The van der Waals surface area contributed by atoms with Gasteiger partial charge in [-0.3, -0.25) is 10.4 Å². The third-order valence-corrected chi connectivity index (χ3v) is 9.62. The van der Waals surface area contributed by atoms with E-state index in [0.717, 1.165) is 69.7 Å². The highest BCUT2D eigenvalue weighted by Gasteiger charge is 2.42. The van der Waals surface area contributed by atoms with Crippen LogP contribution in [0.4, 0.5) is 10.7 Å². The number of amides is 2. The third-order valence-electron chi connectivity index (χ3n) is 9.02. The molecule has 4 unspecified atom stereocenters. The number of aromatic nitrogens is 3. The number of anilines is 1. The summed E-state index contributed by atoms with van der Waals surface area (Å²) in [4.78, 5) is 34.8. The van der Waals surface area contributed by atoms with Crippen LogP contribution in [0.3, 0.4) is 0 Å². The lowest BCUT2D eigenvalue weighted by atomic mass is 9.78. The summed E-state index contributed by atoms with van der Waals surface area (Å²) in [6.45, 7) is 8.29. The van der Waals surface area contributed by atoms with Crippen LogP contribution >= 0.6 is 23.2 Å². The number of likely N-dealkylation sites (N-methyl/N-ethyl adjacent to an activating group) is 1. The fourth-order valence-corrected chi connectivity index (χ4v) is 7.26. The number of nitrogens with zero attached hydrogens (tertiary/aromatic N) is 7. The van der Waals surface area contributed by atoms with Gasteiger partial charge >= 0.3 is 6.03 Å². The number of carbonyl (C=O) groups excluding carboxylic acids is 1. The number of fused-ring (bicyclic) bond motifs is 1. The molecule has 0 aromatic carbocycles. The van der Waals surface area contributed by atoms with Crippen LogP contribution in [0.5, 0.6) is 0 Å². The first-order chi connectivity index (χ1) is 19.9. The van der Waals surface area contributed by atoms with Crippen LogP contribution in [0, 0.1) is 5.92 Å². The Kier molecular flexibility index (Phi) is 8.81. The first-order valence-electron chi connectivity index (χ1n) is 14.6. The van der Waals surface area contributed by atoms with Crippen molar-refractivity contribution in [3.63, 3.8) is 0 Å². The number of hydrogen-bond donors (Lipinski definition) is 2. The van der Waals surface area contributed by atoms with Crippen molar-refractivity contribution in [1.82, 2.24) is 40.5 Å². The molecule has 4 aliphatic rings. The maximum absolute atomic E-state index is 12.9. The molecule has 6 rings (SSSR count). The quantitative estimate of drug-likeness (QED) is 0.533. The van der Waals surface area contributed by atoms with Crippen LogP contribution in [-0.2, 0) is 4.74 Å². The van der Waals surface area contributed by atoms with Crippen molar-refractivity contribution in [3.05, 3.63) is 46.0 Å². The lowest BCUT2D eigenvalue weighted by Gasteiger charge is -2.40. The van der Waals surface area contributed by atoms with E-state index in [0.29, 0.717) is 41.0 Å². The Morgan fingerprint density at radius 3 is 2.22 bits per heavy atom. The molecule has 1 saturated carbocycles. The van der Waals surface area contributed by atoms with E-state index >= 15 is 0 Å². The Morgan fingerprint density at radius 2 is 1.56 bits per heavy atom. The molecule has 2 N–H and O–H groups in total. The highest BCUT2D eigenvalue weighted by atomic mass is 35.5. The summed E-state index contributed by atoms with van der Waals surface area (Å²) in [5, 5.41) is 1.06. The van der Waals surface area contributed by atoms with Gasteiger partial charge in [0.2, 0.25) is 5.95 Å². The van der Waals surface area contributed by atoms with E-state index in [2.05, 4.69) is 32.7 Å². The van der Waals surface area contributed by atoms with Crippen LogP contribution in [0.25, 0.3) is 0 Å². The molecule has 13 heteroatoms. The summed E-state index contributed by atoms with van der Waals surface area (Å²) in [5.41, 5.74) is 8.83. The van der Waals surface area contributed by atoms with E-state index in [1.54, 1.807) is 12.4 Å². The fourth-order valence-electron chi connectivity index (χ4n) is 6.59. The largest absolute Gasteiger partial charge is 0.370 e. The Morgan fingerprint density at radius 1 is 0.927 bits per heavy atom. The number of rotatable bonds is 5. The van der Waals surface area contributed by atoms with Gasteiger partial charge in [-0.2, -0.15) is 0 Å². The lowest BCUT2D eigenvalue weighted by Crippen LogP contribution is -2.56. The molecule has 2 aromatic heterocycles. The van der Waals surface area contributed by atoms with Crippen molar-refractivity contribution in [2.24, 2.45) is 5.92 Å². The number of piperazine rings is 2. The summed E-state index contributed by atoms with van der Waals surface area (Å²) >= 11 is 12.8. The molecule has 2 amide bonds. The van der Waals surface area contributed by atoms with E-state index in [9.17, 15) is 4.79 Å². The van der Waals surface area contributed by atoms with Gasteiger partial charge in [0.25, 0.3) is 0 Å². The highest BCUT2D eigenvalue weighted by Crippen LogP contribution is 2.41. The second-order valence-electron chi connectivity index (χ2n) is 11.6. The summed E-state index contributed by atoms with van der Waals surface area (Å²) in [7, 11) is 2.10. The van der Waals surface area contributed by atoms with Crippen molar-refractivity contribution in [2.45, 2.75) is 50.5 Å². The number of carbonyl (C=O) groups is 1. The predicted octanol–water partition coefficient (Wildman–Crippen LogP) is 3.13. The number of hydrogen-bond acceptors (Lipinski definition) is 9. The monoisotopic (exact) mass is 603 g/mol. The van der Waals surface area contributed by atoms with Crippen molar-refractivity contribution in [2.75, 3.05) is 64.3 Å². The van der Waals surface area contributed by atoms with Gasteiger partial charge in [-0.25, -0.2) is 20.2 Å². The third kappa shape index (κ3) is 6.25. The second-order valence-corrected chi connectivity index (χ2v) is 12.4. The van der Waals surface area contributed by atoms with Gasteiger partial charge in [-0.1, -0.05) is 23.2 Å². The molecule has 1 aliphatic carbocycles. The normalized spacial score (nSPS) is 28.0. The van der Waals surface area contributed by atoms with Gasteiger partial charge in [0.1, 0.15) is 0 Å². The number of pyridine rings is 1. The van der Waals surface area contributed by atoms with Crippen molar-refractivity contribution < 1.29 is 9.53 Å². The molecule has 5 atom stereocenters. The number of urea groups is 1. The number of ether oxygens (including phenoxy) is 1. The molecule has 2 aromatic rings. The zero-order valence-electron chi connectivity index (χ0n) is 23.7. The van der Waals surface area contributed by atoms with Gasteiger partial charge < -0.3 is 24.3 Å². The number of nitrogens with one attached hydrogen (secondary N) is 2. The van der Waals surface area contributed by atoms with Crippen molar-refractivity contribution >= 4 is 35.2 Å². The van der Waals surface area contributed by atoms with Crippen molar-refractivity contribution in [1.29, 1.82) is 0 Å². The lowest BCUT2D eigenvalue weighted by molar-refractivity contribution is -0.0370. The van der Waals surface area contributed by atoms with Gasteiger partial charge in [-0.15, -0.1) is 0 Å². The average Bonchev–Trinajstić information content (AvgIpc) is 3.41. The van der Waals surface area contributed by atoms with E-state index < -0.39 is 0 Å². The minimum absolute atomic E-state index is 0.0980. The van der Waals surface area contributed by atoms with Crippen LogP contribution in [0.15, 0.2) is 24.8 Å². The summed E-state index contributed by atoms with van der Waals surface area (Å²) in [6.07, 6.45) is 9.86. The van der Waals surface area contributed by atoms with Gasteiger partial charge in [-0.05, 0) is 39.2 Å². The highest BCUT2D eigenvalue weighted by molar-refractivity contribution is 6.35. The van der Waals surface area contributed by atoms with Gasteiger partial charge in [0.15, 0.2) is 0 Å². The SMILES string of the molecule is C[C@@H](OC1CCC2NNC(c3cnc(N4CCN(C(=O)N5CCN(C)CC5)CC4)nc3)C2C1)c1c(Cl)cncc1Cl. The van der Waals surface area contributed by atoms with Crippen molar-refractivity contribution in [3.8, 4) is 0 Å². The molecule has 0 bridgehead atoms. The molecule has 3 saturated heterocycles. The Hall–Kier alpha value is -2.28. The van der Waals surface area contributed by atoms with E-state index in [1.807, 2.05) is 29.1 Å². The van der Waals surface area contributed by atoms with Crippen LogP contribution in [-0.4, -0.2) is 107 Å². The molecule has 4 fully saturated rings. The molecule has 0 spiro atoms. The number of halogens is 2. The Labute approximate surface area is 251 Å². The summed E-state index contributed by atoms with van der Waals surface area (Å²) in [6, 6.07) is 0.621. The molecule has 3 aliphatic heterocycles. The van der Waals surface area contributed by atoms with E-state index in [4.69, 9.17) is 37.9 Å². The molecule has 41 heavy (non-hydrogen) atoms. The second kappa shape index (κ2) is 12.5. The van der Waals surface area contributed by atoms with Gasteiger partial charge in [0.05, 0.1) is 28.3 Å². The smallest absolute Gasteiger partial charge is 0.320 e. The maximum Gasteiger partial charge on any atom is 0.320 e. The molecule has 222 valence electrons. The summed E-state index contributed by atoms with van der Waals surface area (Å²) < 4.78 is 6.48.